The molecule has 9 heteroatoms. The van der Waals surface area contributed by atoms with Crippen LogP contribution in [0.25, 0.3) is 0 Å². The number of aliphatic carboxylic acids is 1. The van der Waals surface area contributed by atoms with Crippen LogP contribution in [0, 0.1) is 0 Å². The SMILES string of the molecule is O=C(O)COC(=O)/C=C/C(=O)OC1(c2ccc(C(F)(F)F)cc2)CCC1. The van der Waals surface area contributed by atoms with Crippen LogP contribution in [0.15, 0.2) is 36.4 Å². The molecule has 1 aliphatic carbocycles. The van der Waals surface area contributed by atoms with Crippen molar-refractivity contribution in [2.75, 3.05) is 6.61 Å². The van der Waals surface area contributed by atoms with E-state index >= 15 is 0 Å². The van der Waals surface area contributed by atoms with Crippen LogP contribution in [0.2, 0.25) is 0 Å². The number of benzene rings is 1. The van der Waals surface area contributed by atoms with Crippen LogP contribution in [0.4, 0.5) is 13.2 Å². The lowest BCUT2D eigenvalue weighted by Gasteiger charge is -2.41. The van der Waals surface area contributed by atoms with E-state index in [4.69, 9.17) is 9.84 Å². The van der Waals surface area contributed by atoms with Gasteiger partial charge in [0.05, 0.1) is 5.56 Å². The van der Waals surface area contributed by atoms with Gasteiger partial charge in [0.2, 0.25) is 0 Å². The first-order chi connectivity index (χ1) is 12.1. The normalized spacial score (nSPS) is 16.0. The number of esters is 2. The molecule has 140 valence electrons. The summed E-state index contributed by atoms with van der Waals surface area (Å²) >= 11 is 0. The molecule has 1 aromatic rings. The van der Waals surface area contributed by atoms with Gasteiger partial charge in [0.1, 0.15) is 5.60 Å². The highest BCUT2D eigenvalue weighted by atomic mass is 19.4. The van der Waals surface area contributed by atoms with Gasteiger partial charge in [0.25, 0.3) is 0 Å². The van der Waals surface area contributed by atoms with Gasteiger partial charge in [0, 0.05) is 12.2 Å². The number of carboxylic acids is 1. The molecule has 1 saturated carbocycles. The summed E-state index contributed by atoms with van der Waals surface area (Å²) in [5.74, 6) is -3.25. The lowest BCUT2D eigenvalue weighted by Crippen LogP contribution is -2.38. The Morgan fingerprint density at radius 1 is 1.08 bits per heavy atom. The van der Waals surface area contributed by atoms with Crippen LogP contribution in [0.5, 0.6) is 0 Å². The average molecular weight is 372 g/mol. The van der Waals surface area contributed by atoms with Crippen LogP contribution >= 0.6 is 0 Å². The topological polar surface area (TPSA) is 89.9 Å². The van der Waals surface area contributed by atoms with E-state index in [0.717, 1.165) is 30.7 Å². The average Bonchev–Trinajstić information content (AvgIpc) is 2.53. The Kier molecular flexibility index (Phi) is 5.69. The van der Waals surface area contributed by atoms with Crippen molar-refractivity contribution in [3.63, 3.8) is 0 Å². The van der Waals surface area contributed by atoms with Crippen LogP contribution in [0.3, 0.4) is 0 Å². The molecule has 26 heavy (non-hydrogen) atoms. The van der Waals surface area contributed by atoms with Crippen molar-refractivity contribution in [1.82, 2.24) is 0 Å². The first-order valence-corrected chi connectivity index (χ1v) is 7.60. The molecule has 0 aromatic heterocycles. The minimum Gasteiger partial charge on any atom is -0.479 e. The van der Waals surface area contributed by atoms with E-state index in [-0.39, 0.29) is 0 Å². The molecule has 1 N–H and O–H groups in total. The Labute approximate surface area is 146 Å². The van der Waals surface area contributed by atoms with E-state index in [0.29, 0.717) is 18.4 Å². The number of carboxylic acid groups (broad SMARTS) is 1. The molecule has 1 aromatic carbocycles. The van der Waals surface area contributed by atoms with Crippen molar-refractivity contribution >= 4 is 17.9 Å². The van der Waals surface area contributed by atoms with Crippen molar-refractivity contribution in [2.45, 2.75) is 31.0 Å². The third kappa shape index (κ3) is 4.84. The van der Waals surface area contributed by atoms with Gasteiger partial charge in [-0.1, -0.05) is 12.1 Å². The molecule has 0 heterocycles. The number of hydrogen-bond acceptors (Lipinski definition) is 5. The number of ether oxygens (including phenoxy) is 2. The third-order valence-corrected chi connectivity index (χ3v) is 3.89. The standard InChI is InChI=1S/C17H15F3O6/c18-17(19,20)12-4-2-11(3-5-12)16(8-1-9-16)26-15(24)7-6-14(23)25-10-13(21)22/h2-7H,1,8-10H2,(H,21,22)/b7-6+. The number of alkyl halides is 3. The summed E-state index contributed by atoms with van der Waals surface area (Å²) in [5.41, 5.74) is -1.40. The van der Waals surface area contributed by atoms with E-state index in [1.54, 1.807) is 0 Å². The van der Waals surface area contributed by atoms with Crippen LogP contribution in [-0.4, -0.2) is 29.6 Å². The summed E-state index contributed by atoms with van der Waals surface area (Å²) in [6.07, 6.45) is -1.32. The Bertz CT molecular complexity index is 717. The van der Waals surface area contributed by atoms with Gasteiger partial charge in [-0.2, -0.15) is 13.2 Å². The minimum absolute atomic E-state index is 0.437. The summed E-state index contributed by atoms with van der Waals surface area (Å²) in [5, 5.41) is 8.36. The van der Waals surface area contributed by atoms with Crippen molar-refractivity contribution in [3.8, 4) is 0 Å². The highest BCUT2D eigenvalue weighted by Gasteiger charge is 2.42. The van der Waals surface area contributed by atoms with Crippen LogP contribution in [0.1, 0.15) is 30.4 Å². The first-order valence-electron chi connectivity index (χ1n) is 7.60. The largest absolute Gasteiger partial charge is 0.479 e. The smallest absolute Gasteiger partial charge is 0.416 e. The van der Waals surface area contributed by atoms with Crippen molar-refractivity contribution in [3.05, 3.63) is 47.5 Å². The van der Waals surface area contributed by atoms with E-state index in [1.165, 1.54) is 12.1 Å². The second-order valence-corrected chi connectivity index (χ2v) is 5.68. The maximum Gasteiger partial charge on any atom is 0.416 e. The highest BCUT2D eigenvalue weighted by Crippen LogP contribution is 2.45. The van der Waals surface area contributed by atoms with Crippen molar-refractivity contribution in [1.29, 1.82) is 0 Å². The number of hydrogen-bond donors (Lipinski definition) is 1. The molecule has 0 saturated heterocycles. The predicted molar refractivity (Wildman–Crippen MR) is 80.8 cm³/mol. The lowest BCUT2D eigenvalue weighted by atomic mass is 9.74. The summed E-state index contributed by atoms with van der Waals surface area (Å²) < 4.78 is 47.6. The molecular weight excluding hydrogens is 357 g/mol. The zero-order chi connectivity index (χ0) is 19.4. The van der Waals surface area contributed by atoms with Gasteiger partial charge in [-0.3, -0.25) is 0 Å². The Balaban J connectivity index is 2.02. The maximum atomic E-state index is 12.6. The zero-order valence-electron chi connectivity index (χ0n) is 13.4. The molecule has 0 aliphatic heterocycles. The quantitative estimate of drug-likeness (QED) is 0.610. The second-order valence-electron chi connectivity index (χ2n) is 5.68. The van der Waals surface area contributed by atoms with Crippen molar-refractivity contribution < 1.29 is 42.1 Å². The molecule has 2 rings (SSSR count). The predicted octanol–water partition coefficient (Wildman–Crippen LogP) is 2.81. The summed E-state index contributed by atoms with van der Waals surface area (Å²) in [6, 6.07) is 4.37. The number of halogens is 3. The Morgan fingerprint density at radius 2 is 1.65 bits per heavy atom. The van der Waals surface area contributed by atoms with Crippen molar-refractivity contribution in [2.24, 2.45) is 0 Å². The van der Waals surface area contributed by atoms with Gasteiger partial charge in [-0.15, -0.1) is 0 Å². The van der Waals surface area contributed by atoms with Gasteiger partial charge in [-0.25, -0.2) is 14.4 Å². The van der Waals surface area contributed by atoms with Crippen LogP contribution < -0.4 is 0 Å². The number of carbonyl (C=O) groups is 3. The Hall–Kier alpha value is -2.84. The molecule has 0 spiro atoms. The third-order valence-electron chi connectivity index (χ3n) is 3.89. The van der Waals surface area contributed by atoms with E-state index in [2.05, 4.69) is 4.74 Å². The van der Waals surface area contributed by atoms with E-state index in [9.17, 15) is 27.6 Å². The number of carbonyl (C=O) groups excluding carboxylic acids is 2. The molecule has 1 fully saturated rings. The zero-order valence-corrected chi connectivity index (χ0v) is 13.4. The fourth-order valence-electron chi connectivity index (χ4n) is 2.45. The molecule has 0 atom stereocenters. The van der Waals surface area contributed by atoms with Crippen LogP contribution in [-0.2, 0) is 35.6 Å². The minimum atomic E-state index is -4.46. The Morgan fingerprint density at radius 3 is 2.12 bits per heavy atom. The summed E-state index contributed by atoms with van der Waals surface area (Å²) in [4.78, 5) is 33.4. The molecule has 0 amide bonds. The van der Waals surface area contributed by atoms with Gasteiger partial charge >= 0.3 is 24.1 Å². The van der Waals surface area contributed by atoms with Gasteiger partial charge in [-0.05, 0) is 37.0 Å². The van der Waals surface area contributed by atoms with E-state index < -0.39 is 41.9 Å². The van der Waals surface area contributed by atoms with E-state index in [1.807, 2.05) is 0 Å². The van der Waals surface area contributed by atoms with Gasteiger partial charge in [0.15, 0.2) is 6.61 Å². The highest BCUT2D eigenvalue weighted by molar-refractivity contribution is 5.92. The molecule has 1 aliphatic rings. The fraction of sp³-hybridized carbons (Fsp3) is 0.353. The molecule has 0 unspecified atom stereocenters. The molecule has 0 radical (unpaired) electrons. The molecule has 0 bridgehead atoms. The molecule has 6 nitrogen and oxygen atoms in total. The summed E-state index contributed by atoms with van der Waals surface area (Å²) in [7, 11) is 0. The summed E-state index contributed by atoms with van der Waals surface area (Å²) in [6.45, 7) is -0.840. The second kappa shape index (κ2) is 7.59. The molecular formula is C17H15F3O6. The monoisotopic (exact) mass is 372 g/mol. The lowest BCUT2D eigenvalue weighted by molar-refractivity contribution is -0.165. The number of rotatable bonds is 6. The fourth-order valence-corrected chi connectivity index (χ4v) is 2.45. The van der Waals surface area contributed by atoms with Gasteiger partial charge < -0.3 is 14.6 Å². The first kappa shape index (κ1) is 19.5. The maximum absolute atomic E-state index is 12.6.